The number of piperidine rings is 1. The minimum Gasteiger partial charge on any atom is -0.397 e. The van der Waals surface area contributed by atoms with E-state index in [0.717, 1.165) is 43.0 Å². The van der Waals surface area contributed by atoms with Crippen molar-refractivity contribution in [3.63, 3.8) is 0 Å². The first kappa shape index (κ1) is 20.6. The van der Waals surface area contributed by atoms with Crippen molar-refractivity contribution in [2.45, 2.75) is 18.9 Å². The van der Waals surface area contributed by atoms with Crippen molar-refractivity contribution in [1.82, 2.24) is 9.97 Å². The summed E-state index contributed by atoms with van der Waals surface area (Å²) >= 11 is 0. The van der Waals surface area contributed by atoms with Crippen molar-refractivity contribution in [3.8, 4) is 28.6 Å². The van der Waals surface area contributed by atoms with Gasteiger partial charge < -0.3 is 21.7 Å². The molecule has 4 rings (SSSR count). The molecule has 5 N–H and O–H groups in total. The Kier molecular flexibility index (Phi) is 5.69. The van der Waals surface area contributed by atoms with Crippen LogP contribution in [0.25, 0.3) is 22.5 Å². The van der Waals surface area contributed by atoms with Crippen LogP contribution in [-0.4, -0.2) is 36.1 Å². The monoisotopic (exact) mass is 417 g/mol. The minimum absolute atomic E-state index is 0.0120. The summed E-state index contributed by atoms with van der Waals surface area (Å²) in [6, 6.07) is 12.1. The number of hydrogen-bond donors (Lipinski definition) is 3. The SMILES string of the molecule is CNc1ccc(-c2ncc(N3CCC(N)CC3)nc2-c2ccc(C#N)c(F)c2)cc1N. The normalized spacial score (nSPS) is 14.3. The Morgan fingerprint density at radius 2 is 1.84 bits per heavy atom. The third-order valence-corrected chi connectivity index (χ3v) is 5.58. The summed E-state index contributed by atoms with van der Waals surface area (Å²) < 4.78 is 14.4. The van der Waals surface area contributed by atoms with Gasteiger partial charge in [-0.15, -0.1) is 0 Å². The second-order valence-corrected chi connectivity index (χ2v) is 7.61. The lowest BCUT2D eigenvalue weighted by Crippen LogP contribution is -2.40. The van der Waals surface area contributed by atoms with Crippen LogP contribution in [-0.2, 0) is 0 Å². The van der Waals surface area contributed by atoms with Gasteiger partial charge in [0, 0.05) is 37.3 Å². The number of nitrogens with zero attached hydrogens (tertiary/aromatic N) is 4. The molecule has 0 unspecified atom stereocenters. The van der Waals surface area contributed by atoms with Crippen LogP contribution in [0.4, 0.5) is 21.6 Å². The Morgan fingerprint density at radius 1 is 1.13 bits per heavy atom. The van der Waals surface area contributed by atoms with E-state index in [-0.39, 0.29) is 11.6 Å². The zero-order chi connectivity index (χ0) is 22.0. The smallest absolute Gasteiger partial charge is 0.147 e. The molecule has 1 aromatic heterocycles. The summed E-state index contributed by atoms with van der Waals surface area (Å²) in [7, 11) is 1.80. The lowest BCUT2D eigenvalue weighted by molar-refractivity contribution is 0.498. The van der Waals surface area contributed by atoms with Crippen LogP contribution in [0.2, 0.25) is 0 Å². The number of benzene rings is 2. The van der Waals surface area contributed by atoms with Gasteiger partial charge in [-0.05, 0) is 37.1 Å². The van der Waals surface area contributed by atoms with Gasteiger partial charge in [-0.2, -0.15) is 5.26 Å². The fourth-order valence-electron chi connectivity index (χ4n) is 3.76. The Balaban J connectivity index is 1.83. The van der Waals surface area contributed by atoms with Crippen LogP contribution >= 0.6 is 0 Å². The van der Waals surface area contributed by atoms with Gasteiger partial charge in [-0.3, -0.25) is 4.98 Å². The lowest BCUT2D eigenvalue weighted by atomic mass is 10.0. The average molecular weight is 417 g/mol. The van der Waals surface area contributed by atoms with Gasteiger partial charge in [0.1, 0.15) is 17.7 Å². The Morgan fingerprint density at radius 3 is 2.48 bits per heavy atom. The maximum atomic E-state index is 14.4. The highest BCUT2D eigenvalue weighted by Crippen LogP contribution is 2.34. The second-order valence-electron chi connectivity index (χ2n) is 7.61. The molecule has 3 aromatic rings. The summed E-state index contributed by atoms with van der Waals surface area (Å²) in [5.41, 5.74) is 16.0. The van der Waals surface area contributed by atoms with Crippen LogP contribution in [0.5, 0.6) is 0 Å². The Bertz CT molecular complexity index is 1150. The summed E-state index contributed by atoms with van der Waals surface area (Å²) in [5.74, 6) is 0.127. The minimum atomic E-state index is -0.591. The van der Waals surface area contributed by atoms with Gasteiger partial charge in [0.2, 0.25) is 0 Å². The first-order valence-electron chi connectivity index (χ1n) is 10.2. The van der Waals surface area contributed by atoms with Crippen molar-refractivity contribution >= 4 is 17.2 Å². The fraction of sp³-hybridized carbons (Fsp3) is 0.261. The van der Waals surface area contributed by atoms with Crippen LogP contribution in [0.1, 0.15) is 18.4 Å². The number of nitrogen functional groups attached to an aromatic ring is 1. The molecule has 0 atom stereocenters. The van der Waals surface area contributed by atoms with Crippen molar-refractivity contribution in [1.29, 1.82) is 5.26 Å². The molecule has 0 bridgehead atoms. The Hall–Kier alpha value is -3.70. The van der Waals surface area contributed by atoms with Gasteiger partial charge in [0.15, 0.2) is 0 Å². The highest BCUT2D eigenvalue weighted by Gasteiger charge is 2.21. The highest BCUT2D eigenvalue weighted by molar-refractivity contribution is 5.83. The van der Waals surface area contributed by atoms with E-state index in [9.17, 15) is 4.39 Å². The van der Waals surface area contributed by atoms with Gasteiger partial charge in [-0.25, -0.2) is 9.37 Å². The number of anilines is 3. The van der Waals surface area contributed by atoms with Crippen molar-refractivity contribution in [2.75, 3.05) is 36.1 Å². The van der Waals surface area contributed by atoms with Gasteiger partial charge in [0.25, 0.3) is 0 Å². The van der Waals surface area contributed by atoms with Crippen molar-refractivity contribution in [3.05, 3.63) is 54.0 Å². The zero-order valence-electron chi connectivity index (χ0n) is 17.3. The number of rotatable bonds is 4. The number of hydrogen-bond acceptors (Lipinski definition) is 7. The molecule has 0 spiro atoms. The third kappa shape index (κ3) is 4.13. The number of nitrogens with two attached hydrogens (primary N) is 2. The van der Waals surface area contributed by atoms with E-state index < -0.39 is 5.82 Å². The summed E-state index contributed by atoms with van der Waals surface area (Å²) in [4.78, 5) is 11.7. The van der Waals surface area contributed by atoms with E-state index in [1.165, 1.54) is 12.1 Å². The largest absolute Gasteiger partial charge is 0.397 e. The van der Waals surface area contributed by atoms with Gasteiger partial charge >= 0.3 is 0 Å². The predicted octanol–water partition coefficient (Wildman–Crippen LogP) is 3.37. The number of halogens is 1. The fourth-order valence-corrected chi connectivity index (χ4v) is 3.76. The number of aromatic nitrogens is 2. The maximum absolute atomic E-state index is 14.4. The molecule has 0 amide bonds. The molecule has 1 aliphatic heterocycles. The molecule has 158 valence electrons. The molecule has 0 saturated carbocycles. The van der Waals surface area contributed by atoms with Crippen LogP contribution in [0, 0.1) is 17.1 Å². The highest BCUT2D eigenvalue weighted by atomic mass is 19.1. The predicted molar refractivity (Wildman–Crippen MR) is 121 cm³/mol. The molecule has 2 aromatic carbocycles. The maximum Gasteiger partial charge on any atom is 0.147 e. The third-order valence-electron chi connectivity index (χ3n) is 5.58. The average Bonchev–Trinajstić information content (AvgIpc) is 2.79. The van der Waals surface area contributed by atoms with Crippen molar-refractivity contribution < 1.29 is 4.39 Å². The van der Waals surface area contributed by atoms with Crippen LogP contribution in [0.15, 0.2) is 42.6 Å². The lowest BCUT2D eigenvalue weighted by Gasteiger charge is -2.31. The standard InChI is InChI=1S/C23H24FN7/c1-28-20-5-4-15(11-19(20)27)22-23(14-2-3-16(12-25)18(24)10-14)30-21(13-29-22)31-8-6-17(26)7-9-31/h2-5,10-11,13,17,28H,6-9,26-27H2,1H3. The van der Waals surface area contributed by atoms with E-state index in [2.05, 4.69) is 15.2 Å². The van der Waals surface area contributed by atoms with Gasteiger partial charge in [-0.1, -0.05) is 12.1 Å². The quantitative estimate of drug-likeness (QED) is 0.557. The number of nitriles is 1. The molecule has 8 heteroatoms. The molecule has 1 fully saturated rings. The molecule has 0 radical (unpaired) electrons. The van der Waals surface area contributed by atoms with E-state index in [4.69, 9.17) is 21.7 Å². The van der Waals surface area contributed by atoms with E-state index in [1.807, 2.05) is 24.3 Å². The summed E-state index contributed by atoms with van der Waals surface area (Å²) in [6.45, 7) is 1.58. The molecule has 0 aliphatic carbocycles. The van der Waals surface area contributed by atoms with E-state index in [1.54, 1.807) is 19.3 Å². The molecule has 1 saturated heterocycles. The molecule has 31 heavy (non-hydrogen) atoms. The summed E-state index contributed by atoms with van der Waals surface area (Å²) in [6.07, 6.45) is 3.50. The van der Waals surface area contributed by atoms with E-state index >= 15 is 0 Å². The van der Waals surface area contributed by atoms with E-state index in [0.29, 0.717) is 22.6 Å². The Labute approximate surface area is 180 Å². The van der Waals surface area contributed by atoms with Crippen LogP contribution < -0.4 is 21.7 Å². The first-order valence-corrected chi connectivity index (χ1v) is 10.2. The second kappa shape index (κ2) is 8.58. The molecule has 1 aliphatic rings. The molecule has 2 heterocycles. The van der Waals surface area contributed by atoms with Crippen LogP contribution in [0.3, 0.4) is 0 Å². The summed E-state index contributed by atoms with van der Waals surface area (Å²) in [5, 5.41) is 12.1. The zero-order valence-corrected chi connectivity index (χ0v) is 17.3. The molecular formula is C23H24FN7. The van der Waals surface area contributed by atoms with Crippen molar-refractivity contribution in [2.24, 2.45) is 5.73 Å². The first-order chi connectivity index (χ1) is 15.0. The molecular weight excluding hydrogens is 393 g/mol. The topological polar surface area (TPSA) is 117 Å². The van der Waals surface area contributed by atoms with Gasteiger partial charge in [0.05, 0.1) is 34.5 Å². The number of nitrogens with one attached hydrogen (secondary N) is 1. The molecule has 7 nitrogen and oxygen atoms in total.